The largest absolute Gasteiger partial charge is 0.349 e. The number of hydrogen-bond donors (Lipinski definition) is 1. The zero-order valence-electron chi connectivity index (χ0n) is 13.9. The molecule has 0 radical (unpaired) electrons. The number of piperidine rings is 1. The molecule has 128 valence electrons. The summed E-state index contributed by atoms with van der Waals surface area (Å²) in [6.07, 6.45) is 2.28. The molecule has 6 heteroatoms. The lowest BCUT2D eigenvalue weighted by molar-refractivity contribution is -0.126. The zero-order chi connectivity index (χ0) is 16.9. The summed E-state index contributed by atoms with van der Waals surface area (Å²) in [7, 11) is -3.22. The SMILES string of the molecule is CC[C@@H](NC(=O)[C@@H]1CCCN(S(=O)(=O)CC)C1)c1ccccc1. The first-order chi connectivity index (χ1) is 11.0. The topological polar surface area (TPSA) is 66.5 Å². The molecular formula is C17H26N2O3S. The Bertz CT molecular complexity index is 616. The summed E-state index contributed by atoms with van der Waals surface area (Å²) in [6, 6.07) is 9.85. The fourth-order valence-corrected chi connectivity index (χ4v) is 4.17. The summed E-state index contributed by atoms with van der Waals surface area (Å²) in [5, 5.41) is 3.08. The lowest BCUT2D eigenvalue weighted by atomic mass is 9.97. The lowest BCUT2D eigenvalue weighted by Gasteiger charge is -2.32. The number of amides is 1. The van der Waals surface area contributed by atoms with E-state index in [1.165, 1.54) is 4.31 Å². The predicted molar refractivity (Wildman–Crippen MR) is 91.4 cm³/mol. The van der Waals surface area contributed by atoms with Crippen LogP contribution in [-0.4, -0.2) is 37.5 Å². The predicted octanol–water partition coefficient (Wildman–Crippen LogP) is 2.32. The van der Waals surface area contributed by atoms with Crippen molar-refractivity contribution in [3.8, 4) is 0 Å². The highest BCUT2D eigenvalue weighted by Gasteiger charge is 2.32. The molecule has 1 aromatic carbocycles. The van der Waals surface area contributed by atoms with E-state index in [0.29, 0.717) is 13.1 Å². The van der Waals surface area contributed by atoms with E-state index in [1.54, 1.807) is 6.92 Å². The van der Waals surface area contributed by atoms with Crippen molar-refractivity contribution < 1.29 is 13.2 Å². The molecule has 0 unspecified atom stereocenters. The Morgan fingerprint density at radius 2 is 2.00 bits per heavy atom. The van der Waals surface area contributed by atoms with Crippen molar-refractivity contribution in [3.05, 3.63) is 35.9 Å². The van der Waals surface area contributed by atoms with E-state index in [0.717, 1.165) is 24.8 Å². The van der Waals surface area contributed by atoms with E-state index >= 15 is 0 Å². The van der Waals surface area contributed by atoms with Gasteiger partial charge < -0.3 is 5.32 Å². The quantitative estimate of drug-likeness (QED) is 0.865. The summed E-state index contributed by atoms with van der Waals surface area (Å²) in [4.78, 5) is 12.6. The summed E-state index contributed by atoms with van der Waals surface area (Å²) in [5.74, 6) is -0.220. The Hall–Kier alpha value is -1.40. The Morgan fingerprint density at radius 1 is 1.30 bits per heavy atom. The molecule has 1 aliphatic rings. The average molecular weight is 338 g/mol. The number of sulfonamides is 1. The van der Waals surface area contributed by atoms with Crippen molar-refractivity contribution >= 4 is 15.9 Å². The normalized spacial score (nSPS) is 20.9. The minimum absolute atomic E-state index is 0.0261. The first kappa shape index (κ1) is 17.9. The molecule has 0 aliphatic carbocycles. The highest BCUT2D eigenvalue weighted by molar-refractivity contribution is 7.89. The number of nitrogens with one attached hydrogen (secondary N) is 1. The molecule has 1 N–H and O–H groups in total. The molecule has 0 spiro atoms. The van der Waals surface area contributed by atoms with Gasteiger partial charge in [-0.2, -0.15) is 0 Å². The van der Waals surface area contributed by atoms with Crippen LogP contribution < -0.4 is 5.32 Å². The second kappa shape index (κ2) is 7.93. The molecule has 2 rings (SSSR count). The maximum atomic E-state index is 12.6. The molecule has 1 fully saturated rings. The van der Waals surface area contributed by atoms with Crippen LogP contribution in [-0.2, 0) is 14.8 Å². The fourth-order valence-electron chi connectivity index (χ4n) is 2.99. The van der Waals surface area contributed by atoms with E-state index in [9.17, 15) is 13.2 Å². The summed E-state index contributed by atoms with van der Waals surface area (Å²) in [6.45, 7) is 4.50. The molecule has 1 aromatic rings. The van der Waals surface area contributed by atoms with Crippen LogP contribution in [0.5, 0.6) is 0 Å². The monoisotopic (exact) mass is 338 g/mol. The van der Waals surface area contributed by atoms with Gasteiger partial charge in [-0.05, 0) is 31.7 Å². The van der Waals surface area contributed by atoms with Crippen LogP contribution in [0.1, 0.15) is 44.7 Å². The zero-order valence-corrected chi connectivity index (χ0v) is 14.7. The van der Waals surface area contributed by atoms with Gasteiger partial charge in [0, 0.05) is 13.1 Å². The average Bonchev–Trinajstić information content (AvgIpc) is 2.60. The van der Waals surface area contributed by atoms with Gasteiger partial charge in [0.15, 0.2) is 0 Å². The maximum Gasteiger partial charge on any atom is 0.224 e. The van der Waals surface area contributed by atoms with Gasteiger partial charge in [-0.25, -0.2) is 12.7 Å². The molecule has 0 aromatic heterocycles. The second-order valence-corrected chi connectivity index (χ2v) is 8.24. The third-order valence-electron chi connectivity index (χ3n) is 4.44. The van der Waals surface area contributed by atoms with Gasteiger partial charge in [0.05, 0.1) is 17.7 Å². The van der Waals surface area contributed by atoms with Crippen LogP contribution in [0.25, 0.3) is 0 Å². The molecule has 1 aliphatic heterocycles. The third-order valence-corrected chi connectivity index (χ3v) is 6.29. The van der Waals surface area contributed by atoms with Crippen LogP contribution in [0.2, 0.25) is 0 Å². The maximum absolute atomic E-state index is 12.6. The number of hydrogen-bond acceptors (Lipinski definition) is 3. The van der Waals surface area contributed by atoms with Crippen molar-refractivity contribution in [2.45, 2.75) is 39.2 Å². The Labute approximate surface area is 139 Å². The first-order valence-corrected chi connectivity index (χ1v) is 9.92. The minimum Gasteiger partial charge on any atom is -0.349 e. The van der Waals surface area contributed by atoms with Gasteiger partial charge >= 0.3 is 0 Å². The van der Waals surface area contributed by atoms with E-state index in [1.807, 2.05) is 37.3 Å². The smallest absolute Gasteiger partial charge is 0.224 e. The number of rotatable bonds is 6. The molecule has 1 amide bonds. The number of carbonyl (C=O) groups is 1. The van der Waals surface area contributed by atoms with Gasteiger partial charge in [0.2, 0.25) is 15.9 Å². The summed E-state index contributed by atoms with van der Waals surface area (Å²) < 4.78 is 25.5. The number of nitrogens with zero attached hydrogens (tertiary/aromatic N) is 1. The molecule has 0 bridgehead atoms. The second-order valence-electron chi connectivity index (χ2n) is 5.98. The Morgan fingerprint density at radius 3 is 2.61 bits per heavy atom. The number of carbonyl (C=O) groups excluding carboxylic acids is 1. The van der Waals surface area contributed by atoms with E-state index in [-0.39, 0.29) is 23.6 Å². The van der Waals surface area contributed by atoms with Crippen LogP contribution >= 0.6 is 0 Å². The highest BCUT2D eigenvalue weighted by Crippen LogP contribution is 2.22. The minimum atomic E-state index is -3.22. The molecule has 5 nitrogen and oxygen atoms in total. The van der Waals surface area contributed by atoms with Crippen molar-refractivity contribution in [1.29, 1.82) is 0 Å². The standard InChI is InChI=1S/C17H26N2O3S/c1-3-16(14-9-6-5-7-10-14)18-17(20)15-11-8-12-19(13-15)23(21,22)4-2/h5-7,9-10,15-16H,3-4,8,11-13H2,1-2H3,(H,18,20)/t15-,16-/m1/s1. The van der Waals surface area contributed by atoms with Crippen molar-refractivity contribution in [1.82, 2.24) is 9.62 Å². The number of benzene rings is 1. The van der Waals surface area contributed by atoms with Gasteiger partial charge in [-0.15, -0.1) is 0 Å². The molecule has 1 heterocycles. The molecule has 2 atom stereocenters. The summed E-state index contributed by atoms with van der Waals surface area (Å²) >= 11 is 0. The van der Waals surface area contributed by atoms with Gasteiger partial charge in [-0.1, -0.05) is 37.3 Å². The van der Waals surface area contributed by atoms with Crippen LogP contribution in [0.4, 0.5) is 0 Å². The van der Waals surface area contributed by atoms with Crippen LogP contribution in [0.3, 0.4) is 0 Å². The van der Waals surface area contributed by atoms with Crippen LogP contribution in [0.15, 0.2) is 30.3 Å². The van der Waals surface area contributed by atoms with Crippen molar-refractivity contribution in [2.24, 2.45) is 5.92 Å². The van der Waals surface area contributed by atoms with Crippen molar-refractivity contribution in [2.75, 3.05) is 18.8 Å². The van der Waals surface area contributed by atoms with Gasteiger partial charge in [0.25, 0.3) is 0 Å². The van der Waals surface area contributed by atoms with Crippen molar-refractivity contribution in [3.63, 3.8) is 0 Å². The van der Waals surface area contributed by atoms with Gasteiger partial charge in [-0.3, -0.25) is 4.79 Å². The third kappa shape index (κ3) is 4.54. The van der Waals surface area contributed by atoms with E-state index in [4.69, 9.17) is 0 Å². The van der Waals surface area contributed by atoms with Crippen LogP contribution in [0, 0.1) is 5.92 Å². The van der Waals surface area contributed by atoms with Gasteiger partial charge in [0.1, 0.15) is 0 Å². The Kier molecular flexibility index (Phi) is 6.18. The molecular weight excluding hydrogens is 312 g/mol. The molecule has 1 saturated heterocycles. The molecule has 0 saturated carbocycles. The van der Waals surface area contributed by atoms with E-state index in [2.05, 4.69) is 5.32 Å². The van der Waals surface area contributed by atoms with E-state index < -0.39 is 10.0 Å². The first-order valence-electron chi connectivity index (χ1n) is 8.31. The summed E-state index contributed by atoms with van der Waals surface area (Å²) in [5.41, 5.74) is 1.08. The molecule has 23 heavy (non-hydrogen) atoms. The fraction of sp³-hybridized carbons (Fsp3) is 0.588. The Balaban J connectivity index is 2.02. The highest BCUT2D eigenvalue weighted by atomic mass is 32.2. The lowest BCUT2D eigenvalue weighted by Crippen LogP contribution is -2.46.